The Kier molecular flexibility index (Phi) is 26.8. The number of nitrogens with zero attached hydrogens (tertiary/aromatic N) is 1. The molecule has 0 unspecified atom stereocenters. The summed E-state index contributed by atoms with van der Waals surface area (Å²) in [5, 5.41) is 9.10. The average Bonchev–Trinajstić information content (AvgIpc) is 2.98. The molecule has 0 fully saturated rings. The maximum atomic E-state index is 12.5. The third-order valence-corrected chi connectivity index (χ3v) is 6.02. The van der Waals surface area contributed by atoms with Crippen LogP contribution in [0.5, 0.6) is 0 Å². The lowest BCUT2D eigenvalue weighted by Crippen LogP contribution is -1.95. The normalized spacial score (nSPS) is 9.14. The molecule has 0 saturated carbocycles. The number of hydrogen-bond acceptors (Lipinski definition) is 2. The predicted molar refractivity (Wildman–Crippen MR) is 185 cm³/mol. The molecule has 0 aliphatic carbocycles. The van der Waals surface area contributed by atoms with E-state index in [2.05, 4.69) is 79.0 Å². The number of nitrogens with two attached hydrogens (primary N) is 1. The van der Waals surface area contributed by atoms with Crippen LogP contribution in [0, 0.1) is 24.1 Å². The van der Waals surface area contributed by atoms with Crippen molar-refractivity contribution >= 4 is 0 Å². The molecule has 0 radical (unpaired) electrons. The van der Waals surface area contributed by atoms with Gasteiger partial charge >= 0.3 is 0 Å². The van der Waals surface area contributed by atoms with Crippen LogP contribution in [0.2, 0.25) is 0 Å². The van der Waals surface area contributed by atoms with Gasteiger partial charge in [-0.3, -0.25) is 0 Å². The van der Waals surface area contributed by atoms with Crippen molar-refractivity contribution in [3.8, 4) is 17.2 Å². The van der Waals surface area contributed by atoms with Crippen LogP contribution in [0.3, 0.4) is 0 Å². The van der Waals surface area contributed by atoms with E-state index >= 15 is 0 Å². The van der Waals surface area contributed by atoms with Crippen molar-refractivity contribution in [2.24, 2.45) is 5.73 Å². The summed E-state index contributed by atoms with van der Waals surface area (Å²) < 4.78 is 12.5. The Bertz CT molecular complexity index is 1160. The summed E-state index contributed by atoms with van der Waals surface area (Å²) >= 11 is 0. The highest BCUT2D eigenvalue weighted by Crippen LogP contribution is 2.25. The smallest absolute Gasteiger partial charge is 0.123 e. The highest BCUT2D eigenvalue weighted by Gasteiger charge is 2.05. The van der Waals surface area contributed by atoms with E-state index in [-0.39, 0.29) is 5.82 Å². The number of nitriles is 1. The molecule has 230 valence electrons. The Labute approximate surface area is 258 Å². The van der Waals surface area contributed by atoms with Crippen LogP contribution in [0.15, 0.2) is 91.5 Å². The monoisotopic (exact) mass is 572 g/mol. The van der Waals surface area contributed by atoms with E-state index < -0.39 is 0 Å². The number of hydrogen-bond donors (Lipinski definition) is 1. The summed E-state index contributed by atoms with van der Waals surface area (Å²) in [4.78, 5) is 0. The molecule has 42 heavy (non-hydrogen) atoms. The number of unbranched alkanes of at least 4 members (excludes halogenated alkanes) is 2. The summed E-state index contributed by atoms with van der Waals surface area (Å²) in [6, 6.07) is 23.1. The first-order valence-electron chi connectivity index (χ1n) is 15.4. The fourth-order valence-corrected chi connectivity index (χ4v) is 3.76. The number of aryl methyl sites for hydroxylation is 3. The largest absolute Gasteiger partial charge is 0.330 e. The van der Waals surface area contributed by atoms with E-state index in [4.69, 9.17) is 11.0 Å². The van der Waals surface area contributed by atoms with Gasteiger partial charge in [0.15, 0.2) is 0 Å². The molecule has 3 rings (SSSR count). The van der Waals surface area contributed by atoms with Crippen LogP contribution >= 0.6 is 0 Å². The number of allylic oxidation sites excluding steroid dienone is 2. The van der Waals surface area contributed by atoms with Gasteiger partial charge in [-0.05, 0) is 105 Å². The first-order chi connectivity index (χ1) is 20.2. The van der Waals surface area contributed by atoms with Gasteiger partial charge in [0.25, 0.3) is 0 Å². The van der Waals surface area contributed by atoms with Crippen molar-refractivity contribution in [3.63, 3.8) is 0 Å². The quantitative estimate of drug-likeness (QED) is 0.259. The van der Waals surface area contributed by atoms with Gasteiger partial charge in [-0.1, -0.05) is 107 Å². The van der Waals surface area contributed by atoms with Crippen LogP contribution in [0.25, 0.3) is 11.1 Å². The fourth-order valence-electron chi connectivity index (χ4n) is 3.76. The summed E-state index contributed by atoms with van der Waals surface area (Å²) in [6.45, 7) is 22.7. The maximum absolute atomic E-state index is 12.5. The lowest BCUT2D eigenvalue weighted by atomic mass is 9.96. The third-order valence-electron chi connectivity index (χ3n) is 6.02. The minimum absolute atomic E-state index is 0.133. The van der Waals surface area contributed by atoms with Crippen molar-refractivity contribution in [1.82, 2.24) is 0 Å². The number of halogens is 1. The minimum atomic E-state index is -0.133. The Morgan fingerprint density at radius 3 is 2.00 bits per heavy atom. The van der Waals surface area contributed by atoms with Crippen molar-refractivity contribution in [3.05, 3.63) is 120 Å². The predicted octanol–water partition coefficient (Wildman–Crippen LogP) is 11.6. The first kappa shape index (κ1) is 40.7. The van der Waals surface area contributed by atoms with E-state index in [1.165, 1.54) is 54.9 Å². The zero-order valence-corrected chi connectivity index (χ0v) is 27.6. The molecule has 0 aliphatic rings. The average molecular weight is 573 g/mol. The van der Waals surface area contributed by atoms with Crippen LogP contribution in [-0.2, 0) is 12.8 Å². The van der Waals surface area contributed by atoms with E-state index in [9.17, 15) is 4.39 Å². The molecule has 0 amide bonds. The van der Waals surface area contributed by atoms with Crippen LogP contribution in [0.4, 0.5) is 4.39 Å². The molecular weight excluding hydrogens is 515 g/mol. The summed E-state index contributed by atoms with van der Waals surface area (Å²) in [7, 11) is 0. The molecule has 0 atom stereocenters. The standard InChI is InChI=1S/C16H15N.C9H11F.C7H14.C4H11N.C3H6/c1-3-13-8-9-14(10-12(13)2)16-7-5-4-6-15(16)11-17;1-2-4-8-5-3-6-9(10)7-8;1-4-5-6-7(2)3;1-2-3-4-5;1-3-2/h4-10H,3H2,1-2H3;3,5-7H,2,4H2,1H3;2,4-6H2,1,3H3;2-5H2,1H3;3H,1H2,2H3. The number of benzene rings is 3. The number of rotatable bonds is 9. The fraction of sp³-hybridized carbons (Fsp3) is 0.410. The van der Waals surface area contributed by atoms with Crippen molar-refractivity contribution in [1.29, 1.82) is 5.26 Å². The van der Waals surface area contributed by atoms with Gasteiger partial charge in [-0.25, -0.2) is 4.39 Å². The minimum Gasteiger partial charge on any atom is -0.330 e. The molecule has 0 heterocycles. The molecule has 0 saturated heterocycles. The molecule has 0 aliphatic heterocycles. The van der Waals surface area contributed by atoms with E-state index in [1.54, 1.807) is 18.2 Å². The van der Waals surface area contributed by atoms with Crippen molar-refractivity contribution < 1.29 is 4.39 Å². The first-order valence-corrected chi connectivity index (χ1v) is 15.4. The Balaban J connectivity index is 0. The van der Waals surface area contributed by atoms with Crippen LogP contribution in [0.1, 0.15) is 102 Å². The van der Waals surface area contributed by atoms with Gasteiger partial charge in [0, 0.05) is 0 Å². The second kappa shape index (κ2) is 27.7. The van der Waals surface area contributed by atoms with E-state index in [0.29, 0.717) is 0 Å². The van der Waals surface area contributed by atoms with Gasteiger partial charge in [0.1, 0.15) is 5.82 Å². The highest BCUT2D eigenvalue weighted by atomic mass is 19.1. The van der Waals surface area contributed by atoms with Crippen molar-refractivity contribution in [2.45, 2.75) is 99.8 Å². The maximum Gasteiger partial charge on any atom is 0.123 e. The Morgan fingerprint density at radius 1 is 0.929 bits per heavy atom. The van der Waals surface area contributed by atoms with Gasteiger partial charge in [-0.2, -0.15) is 5.26 Å². The van der Waals surface area contributed by atoms with Gasteiger partial charge in [0.2, 0.25) is 0 Å². The van der Waals surface area contributed by atoms with Crippen LogP contribution in [-0.4, -0.2) is 6.54 Å². The summed E-state index contributed by atoms with van der Waals surface area (Å²) in [5.74, 6) is -0.133. The van der Waals surface area contributed by atoms with E-state index in [0.717, 1.165) is 48.1 Å². The molecule has 3 aromatic carbocycles. The molecule has 0 aromatic heterocycles. The molecule has 2 nitrogen and oxygen atoms in total. The highest BCUT2D eigenvalue weighted by molar-refractivity contribution is 5.71. The van der Waals surface area contributed by atoms with Crippen molar-refractivity contribution in [2.75, 3.05) is 6.54 Å². The molecular formula is C39H57FN2. The van der Waals surface area contributed by atoms with Gasteiger partial charge < -0.3 is 5.73 Å². The van der Waals surface area contributed by atoms with Gasteiger partial charge in [0.05, 0.1) is 11.6 Å². The molecule has 3 aromatic rings. The zero-order valence-electron chi connectivity index (χ0n) is 27.6. The Morgan fingerprint density at radius 2 is 1.57 bits per heavy atom. The Hall–Kier alpha value is -3.48. The third kappa shape index (κ3) is 20.4. The second-order valence-electron chi connectivity index (χ2n) is 10.1. The van der Waals surface area contributed by atoms with E-state index in [1.807, 2.05) is 37.3 Å². The molecule has 0 bridgehead atoms. The molecule has 2 N–H and O–H groups in total. The SMILES string of the molecule is C=C(C)CCCC.C=CC.CCCCN.CCCc1cccc(F)c1.CCc1ccc(-c2ccccc2C#N)cc1C. The zero-order chi connectivity index (χ0) is 32.2. The summed E-state index contributed by atoms with van der Waals surface area (Å²) in [5.41, 5.74) is 13.1. The molecule has 0 spiro atoms. The van der Waals surface area contributed by atoms with Crippen LogP contribution < -0.4 is 5.73 Å². The lowest BCUT2D eigenvalue weighted by molar-refractivity contribution is 0.625. The lowest BCUT2D eigenvalue weighted by Gasteiger charge is -2.08. The summed E-state index contributed by atoms with van der Waals surface area (Å²) in [6.07, 6.45) is 11.0. The second-order valence-corrected chi connectivity index (χ2v) is 10.1. The molecule has 3 heteroatoms. The topological polar surface area (TPSA) is 49.8 Å². The van der Waals surface area contributed by atoms with Gasteiger partial charge in [-0.15, -0.1) is 13.2 Å².